The fourth-order valence-corrected chi connectivity index (χ4v) is 4.58. The van der Waals surface area contributed by atoms with Gasteiger partial charge in [0.2, 0.25) is 5.82 Å². The third-order valence-electron chi connectivity index (χ3n) is 6.53. The number of nitrogens with one attached hydrogen (secondary N) is 2. The molecule has 8 nitrogen and oxygen atoms in total. The zero-order chi connectivity index (χ0) is 22.6. The molecule has 4 aromatic rings. The molecule has 1 saturated carbocycles. The maximum Gasteiger partial charge on any atom is 0.326 e. The van der Waals surface area contributed by atoms with E-state index in [1.165, 1.54) is 19.3 Å². The highest BCUT2D eigenvalue weighted by atomic mass is 16.1. The van der Waals surface area contributed by atoms with Crippen LogP contribution in [-0.2, 0) is 6.54 Å². The first-order valence-corrected chi connectivity index (χ1v) is 11.8. The van der Waals surface area contributed by atoms with E-state index in [4.69, 9.17) is 4.98 Å². The van der Waals surface area contributed by atoms with E-state index in [0.29, 0.717) is 18.3 Å². The van der Waals surface area contributed by atoms with Gasteiger partial charge in [-0.1, -0.05) is 56.5 Å². The maximum atomic E-state index is 12.6. The topological polar surface area (TPSA) is 105 Å². The van der Waals surface area contributed by atoms with Crippen molar-refractivity contribution in [2.45, 2.75) is 57.9 Å². The first-order chi connectivity index (χ1) is 16.2. The van der Waals surface area contributed by atoms with Gasteiger partial charge >= 0.3 is 5.69 Å². The van der Waals surface area contributed by atoms with E-state index in [0.717, 1.165) is 53.3 Å². The third-order valence-corrected chi connectivity index (χ3v) is 6.53. The van der Waals surface area contributed by atoms with Crippen LogP contribution in [0.2, 0.25) is 0 Å². The number of hydrogen-bond donors (Lipinski definition) is 2. The Bertz CT molecular complexity index is 1240. The lowest BCUT2D eigenvalue weighted by Crippen LogP contribution is -2.21. The Morgan fingerprint density at radius 2 is 1.97 bits per heavy atom. The van der Waals surface area contributed by atoms with Gasteiger partial charge in [0.05, 0.1) is 12.2 Å². The van der Waals surface area contributed by atoms with Crippen LogP contribution < -0.4 is 5.69 Å². The second-order valence-electron chi connectivity index (χ2n) is 8.94. The Kier molecular flexibility index (Phi) is 6.15. The SMILES string of the molecule is CCCC(CCC1CC1)c1c[nH]c(=O)n1Cc1ccc(-c2ccccc2-c2nn[nH]n2)nc1. The summed E-state index contributed by atoms with van der Waals surface area (Å²) in [5.74, 6) is 1.85. The highest BCUT2D eigenvalue weighted by Crippen LogP contribution is 2.37. The molecule has 1 aliphatic carbocycles. The Labute approximate surface area is 192 Å². The molecule has 1 aliphatic rings. The molecule has 5 rings (SSSR count). The van der Waals surface area contributed by atoms with Crippen molar-refractivity contribution in [3.8, 4) is 22.6 Å². The Morgan fingerprint density at radius 3 is 2.67 bits per heavy atom. The predicted octanol–water partition coefficient (Wildman–Crippen LogP) is 4.54. The van der Waals surface area contributed by atoms with E-state index in [9.17, 15) is 4.79 Å². The molecule has 0 spiro atoms. The van der Waals surface area contributed by atoms with Crippen LogP contribution in [0.5, 0.6) is 0 Å². The van der Waals surface area contributed by atoms with E-state index >= 15 is 0 Å². The lowest BCUT2D eigenvalue weighted by molar-refractivity contribution is 0.494. The predicted molar refractivity (Wildman–Crippen MR) is 127 cm³/mol. The second kappa shape index (κ2) is 9.52. The van der Waals surface area contributed by atoms with Gasteiger partial charge in [-0.05, 0) is 42.0 Å². The smallest absolute Gasteiger partial charge is 0.312 e. The van der Waals surface area contributed by atoms with Gasteiger partial charge < -0.3 is 4.98 Å². The number of aromatic nitrogens is 7. The van der Waals surface area contributed by atoms with Crippen LogP contribution in [0.4, 0.5) is 0 Å². The minimum absolute atomic E-state index is 0.0518. The van der Waals surface area contributed by atoms with E-state index < -0.39 is 0 Å². The minimum Gasteiger partial charge on any atom is -0.312 e. The van der Waals surface area contributed by atoms with E-state index in [-0.39, 0.29) is 5.69 Å². The summed E-state index contributed by atoms with van der Waals surface area (Å²) in [5.41, 5.74) is 4.70. The number of benzene rings is 1. The average molecular weight is 444 g/mol. The first kappa shape index (κ1) is 21.3. The van der Waals surface area contributed by atoms with Crippen LogP contribution >= 0.6 is 0 Å². The van der Waals surface area contributed by atoms with Crippen molar-refractivity contribution < 1.29 is 0 Å². The fourth-order valence-electron chi connectivity index (χ4n) is 4.58. The summed E-state index contributed by atoms with van der Waals surface area (Å²) in [7, 11) is 0. The zero-order valence-electron chi connectivity index (χ0n) is 18.9. The molecule has 0 radical (unpaired) electrons. The molecule has 1 atom stereocenters. The normalized spacial score (nSPS) is 14.5. The average Bonchev–Trinajstić information content (AvgIpc) is 3.38. The summed E-state index contributed by atoms with van der Waals surface area (Å²) < 4.78 is 1.89. The largest absolute Gasteiger partial charge is 0.326 e. The molecule has 0 saturated heterocycles. The summed E-state index contributed by atoms with van der Waals surface area (Å²) in [5, 5.41) is 14.4. The Morgan fingerprint density at radius 1 is 1.12 bits per heavy atom. The molecule has 8 heteroatoms. The van der Waals surface area contributed by atoms with Crippen molar-refractivity contribution in [1.29, 1.82) is 0 Å². The van der Waals surface area contributed by atoms with Gasteiger partial charge in [0.1, 0.15) is 0 Å². The number of H-pyrrole nitrogens is 2. The molecule has 1 unspecified atom stereocenters. The number of hydrogen-bond acceptors (Lipinski definition) is 5. The van der Waals surface area contributed by atoms with Gasteiger partial charge in [-0.15, -0.1) is 10.2 Å². The number of pyridine rings is 1. The van der Waals surface area contributed by atoms with Gasteiger partial charge in [0.25, 0.3) is 0 Å². The van der Waals surface area contributed by atoms with Gasteiger partial charge in [-0.3, -0.25) is 9.55 Å². The lowest BCUT2D eigenvalue weighted by Gasteiger charge is -2.18. The lowest BCUT2D eigenvalue weighted by atomic mass is 9.93. The van der Waals surface area contributed by atoms with Gasteiger partial charge in [-0.2, -0.15) is 5.21 Å². The van der Waals surface area contributed by atoms with Crippen molar-refractivity contribution in [2.75, 3.05) is 0 Å². The van der Waals surface area contributed by atoms with Crippen LogP contribution in [0, 0.1) is 5.92 Å². The number of tetrazole rings is 1. The van der Waals surface area contributed by atoms with Crippen LogP contribution in [0.3, 0.4) is 0 Å². The number of nitrogens with zero attached hydrogens (tertiary/aromatic N) is 5. The molecule has 0 bridgehead atoms. The third kappa shape index (κ3) is 4.79. The standard InChI is InChI=1S/C25H29N7O/c1-2-5-19(12-10-17-8-9-17)23-15-27-25(33)32(23)16-18-11-13-22(26-14-18)20-6-3-4-7-21(20)24-28-30-31-29-24/h3-4,6-7,11,13-15,17,19H,2,5,8-10,12,16H2,1H3,(H,27,33)(H,28,29,30,31). The van der Waals surface area contributed by atoms with Crippen LogP contribution in [0.15, 0.2) is 53.6 Å². The summed E-state index contributed by atoms with van der Waals surface area (Å²) in [6.07, 6.45) is 11.1. The monoisotopic (exact) mass is 443 g/mol. The molecule has 3 aromatic heterocycles. The van der Waals surface area contributed by atoms with Gasteiger partial charge in [0, 0.05) is 35.1 Å². The Balaban J connectivity index is 1.38. The van der Waals surface area contributed by atoms with Gasteiger partial charge in [0.15, 0.2) is 0 Å². The van der Waals surface area contributed by atoms with Crippen molar-refractivity contribution in [1.82, 2.24) is 35.2 Å². The van der Waals surface area contributed by atoms with E-state index in [2.05, 4.69) is 32.5 Å². The second-order valence-corrected chi connectivity index (χ2v) is 8.94. The number of aromatic amines is 2. The molecule has 0 aliphatic heterocycles. The summed E-state index contributed by atoms with van der Waals surface area (Å²) in [4.78, 5) is 20.3. The maximum absolute atomic E-state index is 12.6. The molecule has 1 aromatic carbocycles. The molecule has 0 amide bonds. The Hall–Kier alpha value is -3.55. The molecular formula is C25H29N7O. The van der Waals surface area contributed by atoms with Crippen LogP contribution in [0.1, 0.15) is 62.6 Å². The molecular weight excluding hydrogens is 414 g/mol. The van der Waals surface area contributed by atoms with Crippen molar-refractivity contribution >= 4 is 0 Å². The van der Waals surface area contributed by atoms with Crippen molar-refractivity contribution in [2.24, 2.45) is 5.92 Å². The quantitative estimate of drug-likeness (QED) is 0.374. The molecule has 1 fully saturated rings. The van der Waals surface area contributed by atoms with Crippen LogP contribution in [0.25, 0.3) is 22.6 Å². The summed E-state index contributed by atoms with van der Waals surface area (Å²) in [6.45, 7) is 2.73. The molecule has 2 N–H and O–H groups in total. The van der Waals surface area contributed by atoms with Crippen molar-refractivity contribution in [3.63, 3.8) is 0 Å². The summed E-state index contributed by atoms with van der Waals surface area (Å²) >= 11 is 0. The summed E-state index contributed by atoms with van der Waals surface area (Å²) in [6, 6.07) is 11.9. The van der Waals surface area contributed by atoms with Crippen LogP contribution in [-0.4, -0.2) is 35.2 Å². The first-order valence-electron chi connectivity index (χ1n) is 11.8. The molecule has 170 valence electrons. The minimum atomic E-state index is -0.0518. The van der Waals surface area contributed by atoms with E-state index in [1.807, 2.05) is 53.4 Å². The highest BCUT2D eigenvalue weighted by Gasteiger charge is 2.24. The fraction of sp³-hybridized carbons (Fsp3) is 0.400. The number of imidazole rings is 1. The zero-order valence-corrected chi connectivity index (χ0v) is 18.9. The van der Waals surface area contributed by atoms with Crippen molar-refractivity contribution in [3.05, 3.63) is 70.5 Å². The molecule has 33 heavy (non-hydrogen) atoms. The number of rotatable bonds is 10. The highest BCUT2D eigenvalue weighted by molar-refractivity contribution is 5.78. The molecule has 3 heterocycles. The van der Waals surface area contributed by atoms with E-state index in [1.54, 1.807) is 0 Å². The van der Waals surface area contributed by atoms with Gasteiger partial charge in [-0.25, -0.2) is 4.79 Å².